The van der Waals surface area contributed by atoms with E-state index in [4.69, 9.17) is 4.74 Å². The molecule has 0 bridgehead atoms. The van der Waals surface area contributed by atoms with Gasteiger partial charge in [0.25, 0.3) is 5.56 Å². The fourth-order valence-corrected chi connectivity index (χ4v) is 1.76. The number of nitrogens with zero attached hydrogens (tertiary/aromatic N) is 1. The second-order valence-electron chi connectivity index (χ2n) is 3.48. The maximum absolute atomic E-state index is 11.3. The number of rotatable bonds is 6. The normalized spacial score (nSPS) is 12.4. The third-order valence-electron chi connectivity index (χ3n) is 2.14. The van der Waals surface area contributed by atoms with Gasteiger partial charge in [-0.15, -0.1) is 0 Å². The van der Waals surface area contributed by atoms with E-state index in [1.807, 2.05) is 0 Å². The van der Waals surface area contributed by atoms with Gasteiger partial charge < -0.3 is 15.0 Å². The van der Waals surface area contributed by atoms with Gasteiger partial charge >= 0.3 is 0 Å². The molecule has 0 aliphatic rings. The molecule has 0 fully saturated rings. The number of aromatic nitrogens is 2. The Kier molecular flexibility index (Phi) is 5.48. The lowest BCUT2D eigenvalue weighted by molar-refractivity contribution is 0.182. The van der Waals surface area contributed by atoms with Crippen molar-refractivity contribution in [2.75, 3.05) is 19.0 Å². The van der Waals surface area contributed by atoms with Gasteiger partial charge in [0, 0.05) is 7.11 Å². The molecule has 0 saturated carbocycles. The van der Waals surface area contributed by atoms with Crippen molar-refractivity contribution in [3.8, 4) is 0 Å². The minimum absolute atomic E-state index is 0.167. The molecule has 2 N–H and O–H groups in total. The van der Waals surface area contributed by atoms with Gasteiger partial charge in [-0.25, -0.2) is 4.98 Å². The van der Waals surface area contributed by atoms with Crippen LogP contribution in [-0.4, -0.2) is 29.7 Å². The summed E-state index contributed by atoms with van der Waals surface area (Å²) in [7, 11) is 1.66. The van der Waals surface area contributed by atoms with E-state index in [0.29, 0.717) is 16.9 Å². The molecule has 0 radical (unpaired) electrons. The number of methoxy groups -OCH3 is 1. The van der Waals surface area contributed by atoms with Gasteiger partial charge in [0.05, 0.1) is 19.0 Å². The number of aromatic amines is 1. The average Bonchev–Trinajstić information content (AvgIpc) is 2.25. The monoisotopic (exact) mass is 289 g/mol. The molecule has 6 heteroatoms. The minimum atomic E-state index is -0.190. The third-order valence-corrected chi connectivity index (χ3v) is 2.88. The van der Waals surface area contributed by atoms with Crippen molar-refractivity contribution in [3.63, 3.8) is 0 Å². The second kappa shape index (κ2) is 6.65. The summed E-state index contributed by atoms with van der Waals surface area (Å²) >= 11 is 3.20. The predicted octanol–water partition coefficient (Wildman–Crippen LogP) is 1.76. The highest BCUT2D eigenvalue weighted by atomic mass is 79.9. The highest BCUT2D eigenvalue weighted by molar-refractivity contribution is 9.10. The van der Waals surface area contributed by atoms with Gasteiger partial charge in [0.2, 0.25) is 0 Å². The molecule has 0 spiro atoms. The van der Waals surface area contributed by atoms with Crippen LogP contribution in [-0.2, 0) is 4.74 Å². The maximum atomic E-state index is 11.3. The Morgan fingerprint density at radius 3 is 3.06 bits per heavy atom. The number of nitrogens with one attached hydrogen (secondary N) is 2. The molecule has 1 aromatic heterocycles. The predicted molar refractivity (Wildman–Crippen MR) is 66.8 cm³/mol. The average molecular weight is 290 g/mol. The standard InChI is InChI=1S/C10H16BrN3O2/c1-3-4-7(5-16-2)14-9-8(11)10(15)13-6-12-9/h6-7H,3-5H2,1-2H3,(H2,12,13,14,15). The lowest BCUT2D eigenvalue weighted by atomic mass is 10.2. The molecule has 16 heavy (non-hydrogen) atoms. The summed E-state index contributed by atoms with van der Waals surface area (Å²) in [5.41, 5.74) is -0.190. The third kappa shape index (κ3) is 3.61. The van der Waals surface area contributed by atoms with Crippen LogP contribution in [0.1, 0.15) is 19.8 Å². The van der Waals surface area contributed by atoms with E-state index in [-0.39, 0.29) is 11.6 Å². The van der Waals surface area contributed by atoms with E-state index < -0.39 is 0 Å². The van der Waals surface area contributed by atoms with Gasteiger partial charge in [-0.2, -0.15) is 0 Å². The molecular weight excluding hydrogens is 274 g/mol. The molecule has 90 valence electrons. The number of hydrogen-bond acceptors (Lipinski definition) is 4. The second-order valence-corrected chi connectivity index (χ2v) is 4.27. The zero-order valence-electron chi connectivity index (χ0n) is 9.42. The summed E-state index contributed by atoms with van der Waals surface area (Å²) < 4.78 is 5.53. The van der Waals surface area contributed by atoms with E-state index in [9.17, 15) is 4.79 Å². The summed E-state index contributed by atoms with van der Waals surface area (Å²) in [6.07, 6.45) is 3.39. The van der Waals surface area contributed by atoms with Crippen molar-refractivity contribution in [1.29, 1.82) is 0 Å². The highest BCUT2D eigenvalue weighted by Crippen LogP contribution is 2.15. The number of hydrogen-bond donors (Lipinski definition) is 2. The fraction of sp³-hybridized carbons (Fsp3) is 0.600. The van der Waals surface area contributed by atoms with Crippen LogP contribution in [0.25, 0.3) is 0 Å². The molecule has 1 unspecified atom stereocenters. The fourth-order valence-electron chi connectivity index (χ4n) is 1.42. The van der Waals surface area contributed by atoms with Crippen molar-refractivity contribution in [3.05, 3.63) is 21.2 Å². The number of H-pyrrole nitrogens is 1. The lowest BCUT2D eigenvalue weighted by Gasteiger charge is -2.17. The van der Waals surface area contributed by atoms with Crippen LogP contribution in [0, 0.1) is 0 Å². The topological polar surface area (TPSA) is 67.0 Å². The zero-order chi connectivity index (χ0) is 12.0. The molecule has 1 rings (SSSR count). The Hall–Kier alpha value is -0.880. The molecule has 1 aromatic rings. The Morgan fingerprint density at radius 1 is 1.69 bits per heavy atom. The van der Waals surface area contributed by atoms with Crippen molar-refractivity contribution in [2.24, 2.45) is 0 Å². The van der Waals surface area contributed by atoms with Gasteiger partial charge in [0.1, 0.15) is 10.3 Å². The Morgan fingerprint density at radius 2 is 2.44 bits per heavy atom. The van der Waals surface area contributed by atoms with Crippen LogP contribution in [0.3, 0.4) is 0 Å². The Bertz CT molecular complexity index is 375. The quantitative estimate of drug-likeness (QED) is 0.837. The van der Waals surface area contributed by atoms with Gasteiger partial charge in [-0.3, -0.25) is 4.79 Å². The molecule has 5 nitrogen and oxygen atoms in total. The van der Waals surface area contributed by atoms with Crippen molar-refractivity contribution >= 4 is 21.7 Å². The number of anilines is 1. The first-order chi connectivity index (χ1) is 7.69. The molecule has 0 amide bonds. The van der Waals surface area contributed by atoms with Gasteiger partial charge in [-0.05, 0) is 22.4 Å². The summed E-state index contributed by atoms with van der Waals surface area (Å²) in [4.78, 5) is 17.9. The first kappa shape index (κ1) is 13.2. The van der Waals surface area contributed by atoms with E-state index in [1.165, 1.54) is 6.33 Å². The van der Waals surface area contributed by atoms with E-state index in [1.54, 1.807) is 7.11 Å². The maximum Gasteiger partial charge on any atom is 0.267 e. The largest absolute Gasteiger partial charge is 0.383 e. The molecule has 0 saturated heterocycles. The Labute approximate surface area is 103 Å². The zero-order valence-corrected chi connectivity index (χ0v) is 11.0. The lowest BCUT2D eigenvalue weighted by Crippen LogP contribution is -2.26. The Balaban J connectivity index is 2.76. The molecular formula is C10H16BrN3O2. The molecule has 0 aliphatic heterocycles. The van der Waals surface area contributed by atoms with Crippen LogP contribution >= 0.6 is 15.9 Å². The highest BCUT2D eigenvalue weighted by Gasteiger charge is 2.11. The van der Waals surface area contributed by atoms with Crippen LogP contribution in [0.15, 0.2) is 15.6 Å². The SMILES string of the molecule is CCCC(COC)Nc1nc[nH]c(=O)c1Br. The summed E-state index contributed by atoms with van der Waals surface area (Å²) in [6, 6.07) is 0.167. The molecule has 0 aliphatic carbocycles. The summed E-state index contributed by atoms with van der Waals surface area (Å²) in [6.45, 7) is 2.69. The van der Waals surface area contributed by atoms with Crippen LogP contribution in [0.5, 0.6) is 0 Å². The molecule has 1 heterocycles. The minimum Gasteiger partial charge on any atom is -0.383 e. The summed E-state index contributed by atoms with van der Waals surface area (Å²) in [5, 5.41) is 3.19. The first-order valence-electron chi connectivity index (χ1n) is 5.17. The van der Waals surface area contributed by atoms with Gasteiger partial charge in [0.15, 0.2) is 0 Å². The van der Waals surface area contributed by atoms with Gasteiger partial charge in [-0.1, -0.05) is 13.3 Å². The number of halogens is 1. The first-order valence-corrected chi connectivity index (χ1v) is 5.97. The van der Waals surface area contributed by atoms with Crippen LogP contribution in [0.4, 0.5) is 5.82 Å². The van der Waals surface area contributed by atoms with Crippen LogP contribution in [0.2, 0.25) is 0 Å². The van der Waals surface area contributed by atoms with E-state index in [2.05, 4.69) is 38.1 Å². The van der Waals surface area contributed by atoms with Crippen molar-refractivity contribution in [2.45, 2.75) is 25.8 Å². The molecule has 0 aromatic carbocycles. The number of ether oxygens (including phenoxy) is 1. The smallest absolute Gasteiger partial charge is 0.267 e. The van der Waals surface area contributed by atoms with Crippen molar-refractivity contribution < 1.29 is 4.74 Å². The van der Waals surface area contributed by atoms with Crippen molar-refractivity contribution in [1.82, 2.24) is 9.97 Å². The van der Waals surface area contributed by atoms with E-state index >= 15 is 0 Å². The van der Waals surface area contributed by atoms with E-state index in [0.717, 1.165) is 12.8 Å². The van der Waals surface area contributed by atoms with Crippen LogP contribution < -0.4 is 10.9 Å². The summed E-state index contributed by atoms with van der Waals surface area (Å²) in [5.74, 6) is 0.555. The molecule has 1 atom stereocenters.